The number of amides is 1. The van der Waals surface area contributed by atoms with Gasteiger partial charge in [-0.15, -0.1) is 0 Å². The number of carbonyl (C=O) groups is 1. The van der Waals surface area contributed by atoms with Crippen LogP contribution in [0.15, 0.2) is 0 Å². The number of nitrogens with zero attached hydrogens (tertiary/aromatic N) is 1. The molecule has 2 saturated heterocycles. The van der Waals surface area contributed by atoms with Gasteiger partial charge in [0.15, 0.2) is 5.79 Å². The van der Waals surface area contributed by atoms with Gasteiger partial charge in [-0.3, -0.25) is 4.79 Å². The lowest BCUT2D eigenvalue weighted by atomic mass is 10.0. The van der Waals surface area contributed by atoms with Crippen molar-refractivity contribution in [2.24, 2.45) is 0 Å². The second-order valence-electron chi connectivity index (χ2n) is 3.86. The summed E-state index contributed by atoms with van der Waals surface area (Å²) in [7, 11) is 0. The molecule has 14 heavy (non-hydrogen) atoms. The van der Waals surface area contributed by atoms with Crippen molar-refractivity contribution in [3.8, 4) is 0 Å². The van der Waals surface area contributed by atoms with Crippen LogP contribution in [0, 0.1) is 0 Å². The van der Waals surface area contributed by atoms with E-state index in [0.717, 1.165) is 19.4 Å². The van der Waals surface area contributed by atoms with Gasteiger partial charge in [0.25, 0.3) is 0 Å². The van der Waals surface area contributed by atoms with Crippen molar-refractivity contribution in [1.82, 2.24) is 10.2 Å². The van der Waals surface area contributed by atoms with E-state index < -0.39 is 5.79 Å². The quantitative estimate of drug-likeness (QED) is 0.556. The molecule has 0 aromatic heterocycles. The zero-order chi connectivity index (χ0) is 10.0. The van der Waals surface area contributed by atoms with Crippen molar-refractivity contribution in [2.75, 3.05) is 26.2 Å². The molecule has 2 fully saturated rings. The first-order valence-corrected chi connectivity index (χ1v) is 5.04. The SMILES string of the molecule is O=CN1CCNC[C@@H]1[C@@]1(O)CCCO1. The normalized spacial score (nSPS) is 38.6. The van der Waals surface area contributed by atoms with Gasteiger partial charge in [0.1, 0.15) is 0 Å². The highest BCUT2D eigenvalue weighted by atomic mass is 16.6. The van der Waals surface area contributed by atoms with Crippen molar-refractivity contribution in [3.05, 3.63) is 0 Å². The molecule has 2 atom stereocenters. The van der Waals surface area contributed by atoms with E-state index in [1.54, 1.807) is 4.90 Å². The third-order valence-corrected chi connectivity index (χ3v) is 2.97. The summed E-state index contributed by atoms with van der Waals surface area (Å²) in [5, 5.41) is 13.3. The van der Waals surface area contributed by atoms with E-state index >= 15 is 0 Å². The molecular formula is C9H16N2O3. The van der Waals surface area contributed by atoms with E-state index in [9.17, 15) is 9.90 Å². The zero-order valence-corrected chi connectivity index (χ0v) is 8.11. The van der Waals surface area contributed by atoms with E-state index in [0.29, 0.717) is 26.1 Å². The highest BCUT2D eigenvalue weighted by molar-refractivity contribution is 5.48. The molecule has 0 saturated carbocycles. The fraction of sp³-hybridized carbons (Fsp3) is 0.889. The first-order valence-electron chi connectivity index (χ1n) is 5.04. The highest BCUT2D eigenvalue weighted by Crippen LogP contribution is 2.29. The van der Waals surface area contributed by atoms with E-state index in [1.807, 2.05) is 0 Å². The largest absolute Gasteiger partial charge is 0.364 e. The van der Waals surface area contributed by atoms with E-state index in [-0.39, 0.29) is 6.04 Å². The molecule has 80 valence electrons. The predicted molar refractivity (Wildman–Crippen MR) is 49.6 cm³/mol. The van der Waals surface area contributed by atoms with Crippen molar-refractivity contribution in [3.63, 3.8) is 0 Å². The number of ether oxygens (including phenoxy) is 1. The summed E-state index contributed by atoms with van der Waals surface area (Å²) in [5.41, 5.74) is 0. The number of aliphatic hydroxyl groups is 1. The molecule has 0 aliphatic carbocycles. The molecule has 0 spiro atoms. The summed E-state index contributed by atoms with van der Waals surface area (Å²) < 4.78 is 5.33. The molecule has 0 aromatic rings. The van der Waals surface area contributed by atoms with Gasteiger partial charge < -0.3 is 20.1 Å². The fourth-order valence-corrected chi connectivity index (χ4v) is 2.17. The average Bonchev–Trinajstić information content (AvgIpc) is 2.66. The van der Waals surface area contributed by atoms with Crippen LogP contribution in [0.5, 0.6) is 0 Å². The van der Waals surface area contributed by atoms with Gasteiger partial charge in [-0.05, 0) is 6.42 Å². The fourth-order valence-electron chi connectivity index (χ4n) is 2.17. The van der Waals surface area contributed by atoms with Crippen LogP contribution in [0.3, 0.4) is 0 Å². The number of carbonyl (C=O) groups excluding carboxylic acids is 1. The Labute approximate surface area is 83.0 Å². The van der Waals surface area contributed by atoms with Gasteiger partial charge in [0, 0.05) is 26.1 Å². The minimum absolute atomic E-state index is 0.240. The second kappa shape index (κ2) is 3.84. The summed E-state index contributed by atoms with van der Waals surface area (Å²) in [6, 6.07) is -0.240. The maximum absolute atomic E-state index is 10.8. The Morgan fingerprint density at radius 1 is 1.64 bits per heavy atom. The molecule has 0 radical (unpaired) electrons. The van der Waals surface area contributed by atoms with Crippen LogP contribution in [0.2, 0.25) is 0 Å². The summed E-state index contributed by atoms with van der Waals surface area (Å²) in [5.74, 6) is -1.13. The van der Waals surface area contributed by atoms with Crippen molar-refractivity contribution >= 4 is 6.41 Å². The third kappa shape index (κ3) is 1.63. The molecular weight excluding hydrogens is 184 g/mol. The van der Waals surface area contributed by atoms with E-state index in [1.165, 1.54) is 0 Å². The lowest BCUT2D eigenvalue weighted by Crippen LogP contribution is -2.61. The van der Waals surface area contributed by atoms with Crippen molar-refractivity contribution in [1.29, 1.82) is 0 Å². The summed E-state index contributed by atoms with van der Waals surface area (Å²) in [6.07, 6.45) is 2.27. The monoisotopic (exact) mass is 200 g/mol. The Kier molecular flexibility index (Phi) is 2.71. The van der Waals surface area contributed by atoms with E-state index in [2.05, 4.69) is 5.32 Å². The maximum atomic E-state index is 10.8. The molecule has 2 heterocycles. The van der Waals surface area contributed by atoms with Gasteiger partial charge in [-0.1, -0.05) is 0 Å². The minimum Gasteiger partial charge on any atom is -0.364 e. The number of hydrogen-bond acceptors (Lipinski definition) is 4. The topological polar surface area (TPSA) is 61.8 Å². The Balaban J connectivity index is 2.09. The third-order valence-electron chi connectivity index (χ3n) is 2.97. The summed E-state index contributed by atoms with van der Waals surface area (Å²) in [4.78, 5) is 12.4. The lowest BCUT2D eigenvalue weighted by Gasteiger charge is -2.41. The van der Waals surface area contributed by atoms with Gasteiger partial charge in [0.05, 0.1) is 12.6 Å². The molecule has 2 rings (SSSR count). The lowest BCUT2D eigenvalue weighted by molar-refractivity contribution is -0.213. The van der Waals surface area contributed by atoms with Crippen LogP contribution in [0.4, 0.5) is 0 Å². The predicted octanol–water partition coefficient (Wildman–Crippen LogP) is -1.08. The molecule has 5 heteroatoms. The molecule has 5 nitrogen and oxygen atoms in total. The molecule has 2 N–H and O–H groups in total. The van der Waals surface area contributed by atoms with Crippen molar-refractivity contribution < 1.29 is 14.6 Å². The second-order valence-corrected chi connectivity index (χ2v) is 3.86. The van der Waals surface area contributed by atoms with Crippen LogP contribution >= 0.6 is 0 Å². The Hall–Kier alpha value is -0.650. The number of nitrogens with one attached hydrogen (secondary N) is 1. The zero-order valence-electron chi connectivity index (χ0n) is 8.11. The first-order chi connectivity index (χ1) is 6.76. The van der Waals surface area contributed by atoms with Crippen LogP contribution < -0.4 is 5.32 Å². The molecule has 1 amide bonds. The summed E-state index contributed by atoms with van der Waals surface area (Å²) in [6.45, 7) is 2.61. The standard InChI is InChI=1S/C9H16N2O3/c12-7-11-4-3-10-6-8(11)9(13)2-1-5-14-9/h7-8,10,13H,1-6H2/t8-,9-/m1/s1. The van der Waals surface area contributed by atoms with Crippen LogP contribution in [-0.4, -0.2) is 54.5 Å². The molecule has 0 aromatic carbocycles. The number of rotatable bonds is 2. The summed E-state index contributed by atoms with van der Waals surface area (Å²) >= 11 is 0. The Morgan fingerprint density at radius 3 is 3.14 bits per heavy atom. The maximum Gasteiger partial charge on any atom is 0.210 e. The van der Waals surface area contributed by atoms with Crippen LogP contribution in [0.1, 0.15) is 12.8 Å². The molecule has 2 aliphatic heterocycles. The number of piperazine rings is 1. The number of hydrogen-bond donors (Lipinski definition) is 2. The first kappa shape index (κ1) is 9.89. The Bertz CT molecular complexity index is 216. The van der Waals surface area contributed by atoms with Gasteiger partial charge in [-0.25, -0.2) is 0 Å². The van der Waals surface area contributed by atoms with E-state index in [4.69, 9.17) is 4.74 Å². The van der Waals surface area contributed by atoms with Crippen LogP contribution in [0.25, 0.3) is 0 Å². The Morgan fingerprint density at radius 2 is 2.50 bits per heavy atom. The molecule has 2 aliphatic rings. The van der Waals surface area contributed by atoms with Gasteiger partial charge in [0.2, 0.25) is 6.41 Å². The van der Waals surface area contributed by atoms with Crippen molar-refractivity contribution in [2.45, 2.75) is 24.7 Å². The minimum atomic E-state index is -1.13. The molecule has 0 unspecified atom stereocenters. The van der Waals surface area contributed by atoms with Crippen LogP contribution in [-0.2, 0) is 9.53 Å². The smallest absolute Gasteiger partial charge is 0.210 e. The highest BCUT2D eigenvalue weighted by Gasteiger charge is 2.44. The average molecular weight is 200 g/mol. The molecule has 0 bridgehead atoms. The van der Waals surface area contributed by atoms with Gasteiger partial charge >= 0.3 is 0 Å². The van der Waals surface area contributed by atoms with Gasteiger partial charge in [-0.2, -0.15) is 0 Å².